The van der Waals surface area contributed by atoms with Crippen LogP contribution in [0.5, 0.6) is 0 Å². The summed E-state index contributed by atoms with van der Waals surface area (Å²) in [5.41, 5.74) is 2.94. The van der Waals surface area contributed by atoms with Crippen LogP contribution in [0.4, 0.5) is 0 Å². The minimum atomic E-state index is -0.475. The fourth-order valence-electron chi connectivity index (χ4n) is 1.79. The molecule has 2 aromatic rings. The Morgan fingerprint density at radius 1 is 1.22 bits per heavy atom. The number of rotatable bonds is 3. The minimum Gasteiger partial charge on any atom is -0.389 e. The second-order valence-electron chi connectivity index (χ2n) is 4.72. The van der Waals surface area contributed by atoms with E-state index in [9.17, 15) is 5.11 Å². The van der Waals surface area contributed by atoms with Gasteiger partial charge in [-0.2, -0.15) is 5.10 Å². The van der Waals surface area contributed by atoms with E-state index in [2.05, 4.69) is 34.9 Å². The van der Waals surface area contributed by atoms with Gasteiger partial charge in [-0.1, -0.05) is 35.8 Å². The smallest absolute Gasteiger partial charge is 0.0772 e. The highest BCUT2D eigenvalue weighted by atomic mass is 79.9. The Balaban J connectivity index is 2.36. The molecule has 0 saturated heterocycles. The van der Waals surface area contributed by atoms with Crippen molar-refractivity contribution >= 4 is 15.9 Å². The van der Waals surface area contributed by atoms with Crippen molar-refractivity contribution in [3.05, 3.63) is 46.2 Å². The predicted molar refractivity (Wildman–Crippen MR) is 76.0 cm³/mol. The molecule has 0 aliphatic heterocycles. The average Bonchev–Trinajstić information content (AvgIpc) is 2.77. The molecule has 2 rings (SSSR count). The number of nitrogens with zero attached hydrogens (tertiary/aromatic N) is 2. The molecule has 1 aromatic heterocycles. The van der Waals surface area contributed by atoms with E-state index in [1.165, 1.54) is 0 Å². The molecule has 0 amide bonds. The van der Waals surface area contributed by atoms with Crippen LogP contribution in [0.3, 0.4) is 0 Å². The number of hydrogen-bond donors (Lipinski definition) is 1. The van der Waals surface area contributed by atoms with Crippen LogP contribution in [-0.2, 0) is 0 Å². The quantitative estimate of drug-likeness (QED) is 0.936. The molecule has 18 heavy (non-hydrogen) atoms. The van der Waals surface area contributed by atoms with E-state index < -0.39 is 6.10 Å². The van der Waals surface area contributed by atoms with Gasteiger partial charge in [-0.15, -0.1) is 0 Å². The first-order valence-corrected chi connectivity index (χ1v) is 6.82. The normalized spacial score (nSPS) is 13.0. The molecule has 0 bridgehead atoms. The van der Waals surface area contributed by atoms with Crippen molar-refractivity contribution in [1.82, 2.24) is 9.78 Å². The first kappa shape index (κ1) is 13.3. The van der Waals surface area contributed by atoms with Crippen molar-refractivity contribution in [2.75, 3.05) is 0 Å². The van der Waals surface area contributed by atoms with Crippen LogP contribution in [0.25, 0.3) is 5.69 Å². The summed E-state index contributed by atoms with van der Waals surface area (Å²) >= 11 is 3.48. The molecule has 0 spiro atoms. The zero-order valence-electron chi connectivity index (χ0n) is 10.8. The highest BCUT2D eigenvalue weighted by molar-refractivity contribution is 9.10. The van der Waals surface area contributed by atoms with E-state index in [0.717, 1.165) is 21.4 Å². The molecule has 1 atom stereocenters. The van der Waals surface area contributed by atoms with Gasteiger partial charge in [-0.25, -0.2) is 4.68 Å². The zero-order valence-corrected chi connectivity index (χ0v) is 12.3. The predicted octanol–water partition coefficient (Wildman–Crippen LogP) is 3.81. The Labute approximate surface area is 116 Å². The van der Waals surface area contributed by atoms with Crippen molar-refractivity contribution in [2.24, 2.45) is 0 Å². The molecule has 1 aromatic carbocycles. The molecule has 4 heteroatoms. The first-order chi connectivity index (χ1) is 8.49. The molecule has 0 aliphatic carbocycles. The highest BCUT2D eigenvalue weighted by Crippen LogP contribution is 2.26. The summed E-state index contributed by atoms with van der Waals surface area (Å²) in [6.07, 6.45) is 1.48. The lowest BCUT2D eigenvalue weighted by molar-refractivity contribution is 0.198. The molecular formula is C14H17BrN2O. The molecule has 0 fully saturated rings. The second-order valence-corrected chi connectivity index (χ2v) is 5.58. The van der Waals surface area contributed by atoms with Gasteiger partial charge in [-0.3, -0.25) is 0 Å². The lowest BCUT2D eigenvalue weighted by Gasteiger charge is -2.09. The Morgan fingerprint density at radius 3 is 2.44 bits per heavy atom. The molecule has 0 radical (unpaired) electrons. The van der Waals surface area contributed by atoms with Gasteiger partial charge in [-0.05, 0) is 36.6 Å². The van der Waals surface area contributed by atoms with Gasteiger partial charge in [0.1, 0.15) is 0 Å². The summed E-state index contributed by atoms with van der Waals surface area (Å²) in [5.74, 6) is 0.423. The Morgan fingerprint density at radius 2 is 1.94 bits per heavy atom. The summed E-state index contributed by atoms with van der Waals surface area (Å²) in [6, 6.07) is 7.88. The minimum absolute atomic E-state index is 0.423. The van der Waals surface area contributed by atoms with E-state index >= 15 is 0 Å². The highest BCUT2D eigenvalue weighted by Gasteiger charge is 2.09. The molecule has 0 aliphatic rings. The van der Waals surface area contributed by atoms with Gasteiger partial charge < -0.3 is 5.11 Å². The maximum Gasteiger partial charge on any atom is 0.0772 e. The SMILES string of the molecule is CC(C)c1ccn(-c2ccc(C(C)O)c(Br)c2)n1. The van der Waals surface area contributed by atoms with Gasteiger partial charge in [0.25, 0.3) is 0 Å². The van der Waals surface area contributed by atoms with Crippen molar-refractivity contribution in [2.45, 2.75) is 32.8 Å². The molecule has 3 nitrogen and oxygen atoms in total. The molecule has 0 saturated carbocycles. The van der Waals surface area contributed by atoms with Gasteiger partial charge in [0, 0.05) is 10.7 Å². The molecule has 96 valence electrons. The summed E-state index contributed by atoms with van der Waals surface area (Å²) < 4.78 is 2.75. The van der Waals surface area contributed by atoms with Crippen LogP contribution in [0.15, 0.2) is 34.9 Å². The Bertz CT molecular complexity index is 546. The van der Waals surface area contributed by atoms with E-state index in [1.807, 2.05) is 35.1 Å². The van der Waals surface area contributed by atoms with E-state index in [-0.39, 0.29) is 0 Å². The fourth-order valence-corrected chi connectivity index (χ4v) is 2.49. The number of halogens is 1. The largest absolute Gasteiger partial charge is 0.389 e. The van der Waals surface area contributed by atoms with Gasteiger partial charge in [0.2, 0.25) is 0 Å². The Hall–Kier alpha value is -1.13. The van der Waals surface area contributed by atoms with Gasteiger partial charge >= 0.3 is 0 Å². The van der Waals surface area contributed by atoms with Crippen molar-refractivity contribution in [3.8, 4) is 5.69 Å². The first-order valence-electron chi connectivity index (χ1n) is 6.02. The lowest BCUT2D eigenvalue weighted by atomic mass is 10.1. The number of aliphatic hydroxyl groups is 1. The van der Waals surface area contributed by atoms with Crippen LogP contribution in [-0.4, -0.2) is 14.9 Å². The summed E-state index contributed by atoms with van der Waals surface area (Å²) in [7, 11) is 0. The van der Waals surface area contributed by atoms with Crippen molar-refractivity contribution < 1.29 is 5.11 Å². The molecular weight excluding hydrogens is 292 g/mol. The average molecular weight is 309 g/mol. The lowest BCUT2D eigenvalue weighted by Crippen LogP contribution is -1.99. The fraction of sp³-hybridized carbons (Fsp3) is 0.357. The zero-order chi connectivity index (χ0) is 13.3. The molecule has 1 heterocycles. The summed E-state index contributed by atoms with van der Waals surface area (Å²) in [4.78, 5) is 0. The van der Waals surface area contributed by atoms with E-state index in [4.69, 9.17) is 0 Å². The molecule has 1 N–H and O–H groups in total. The third-order valence-electron chi connectivity index (χ3n) is 2.90. The standard InChI is InChI=1S/C14H17BrN2O/c1-9(2)14-6-7-17(16-14)11-4-5-12(10(3)18)13(15)8-11/h4-10,18H,1-3H3. The Kier molecular flexibility index (Phi) is 3.88. The van der Waals surface area contributed by atoms with Crippen molar-refractivity contribution in [3.63, 3.8) is 0 Å². The number of aliphatic hydroxyl groups excluding tert-OH is 1. The third-order valence-corrected chi connectivity index (χ3v) is 3.59. The van der Waals surface area contributed by atoms with E-state index in [1.54, 1.807) is 6.92 Å². The number of benzene rings is 1. The third kappa shape index (κ3) is 2.65. The molecule has 1 unspecified atom stereocenters. The van der Waals surface area contributed by atoms with Crippen LogP contribution < -0.4 is 0 Å². The van der Waals surface area contributed by atoms with Crippen LogP contribution >= 0.6 is 15.9 Å². The topological polar surface area (TPSA) is 38.0 Å². The van der Waals surface area contributed by atoms with Crippen molar-refractivity contribution in [1.29, 1.82) is 0 Å². The van der Waals surface area contributed by atoms with Crippen LogP contribution in [0.2, 0.25) is 0 Å². The number of aromatic nitrogens is 2. The van der Waals surface area contributed by atoms with E-state index in [0.29, 0.717) is 5.92 Å². The van der Waals surface area contributed by atoms with Crippen LogP contribution in [0.1, 0.15) is 44.1 Å². The summed E-state index contributed by atoms with van der Waals surface area (Å²) in [6.45, 7) is 6.00. The van der Waals surface area contributed by atoms with Crippen LogP contribution in [0, 0.1) is 0 Å². The summed E-state index contributed by atoms with van der Waals surface area (Å²) in [5, 5.41) is 14.1. The van der Waals surface area contributed by atoms with Gasteiger partial charge in [0.15, 0.2) is 0 Å². The number of hydrogen-bond acceptors (Lipinski definition) is 2. The maximum atomic E-state index is 9.59. The second kappa shape index (κ2) is 5.24. The van der Waals surface area contributed by atoms with Gasteiger partial charge in [0.05, 0.1) is 17.5 Å². The maximum absolute atomic E-state index is 9.59. The monoisotopic (exact) mass is 308 g/mol.